The quantitative estimate of drug-likeness (QED) is 0.793. The van der Waals surface area contributed by atoms with Crippen molar-refractivity contribution >= 4 is 5.97 Å². The summed E-state index contributed by atoms with van der Waals surface area (Å²) in [7, 11) is 0. The lowest BCUT2D eigenvalue weighted by Crippen LogP contribution is -2.12. The minimum Gasteiger partial charge on any atom is -0.492 e. The zero-order valence-electron chi connectivity index (χ0n) is 15.2. The van der Waals surface area contributed by atoms with Crippen molar-refractivity contribution in [1.29, 1.82) is 0 Å². The van der Waals surface area contributed by atoms with Crippen LogP contribution in [-0.4, -0.2) is 17.7 Å². The van der Waals surface area contributed by atoms with Crippen LogP contribution in [0.2, 0.25) is 0 Å². The SMILES string of the molecule is Cc1ccc2c(c1C(F)(F)F)CC[C@H]2Oc1ccc2c(c1)OC[C@H]2CC(=O)O. The van der Waals surface area contributed by atoms with Gasteiger partial charge in [-0.3, -0.25) is 4.79 Å². The molecular weight excluding hydrogens is 373 g/mol. The molecule has 2 aromatic rings. The molecule has 0 amide bonds. The highest BCUT2D eigenvalue weighted by molar-refractivity contribution is 5.68. The molecule has 0 saturated carbocycles. The molecule has 0 aromatic heterocycles. The Labute approximate surface area is 159 Å². The van der Waals surface area contributed by atoms with Crippen LogP contribution >= 0.6 is 0 Å². The van der Waals surface area contributed by atoms with Crippen molar-refractivity contribution in [3.8, 4) is 11.5 Å². The first-order valence-corrected chi connectivity index (χ1v) is 9.09. The number of hydrogen-bond acceptors (Lipinski definition) is 3. The first-order chi connectivity index (χ1) is 13.2. The lowest BCUT2D eigenvalue weighted by atomic mass is 9.97. The molecule has 4 rings (SSSR count). The molecule has 0 radical (unpaired) electrons. The summed E-state index contributed by atoms with van der Waals surface area (Å²) in [6.45, 7) is 1.77. The molecule has 0 saturated heterocycles. The monoisotopic (exact) mass is 392 g/mol. The van der Waals surface area contributed by atoms with E-state index < -0.39 is 23.8 Å². The van der Waals surface area contributed by atoms with Crippen LogP contribution in [0.4, 0.5) is 13.2 Å². The van der Waals surface area contributed by atoms with E-state index in [1.54, 1.807) is 24.3 Å². The van der Waals surface area contributed by atoms with Crippen molar-refractivity contribution in [2.45, 2.75) is 44.4 Å². The highest BCUT2D eigenvalue weighted by Gasteiger charge is 2.39. The molecule has 1 aliphatic heterocycles. The van der Waals surface area contributed by atoms with Gasteiger partial charge in [-0.1, -0.05) is 18.2 Å². The zero-order valence-corrected chi connectivity index (χ0v) is 15.2. The van der Waals surface area contributed by atoms with Gasteiger partial charge in [0.2, 0.25) is 0 Å². The predicted molar refractivity (Wildman–Crippen MR) is 94.8 cm³/mol. The van der Waals surface area contributed by atoms with E-state index in [1.807, 2.05) is 0 Å². The van der Waals surface area contributed by atoms with E-state index in [9.17, 15) is 18.0 Å². The van der Waals surface area contributed by atoms with E-state index in [4.69, 9.17) is 14.6 Å². The van der Waals surface area contributed by atoms with E-state index in [2.05, 4.69) is 0 Å². The Morgan fingerprint density at radius 3 is 2.71 bits per heavy atom. The molecule has 0 bridgehead atoms. The third kappa shape index (κ3) is 3.30. The Morgan fingerprint density at radius 2 is 2.00 bits per heavy atom. The lowest BCUT2D eigenvalue weighted by molar-refractivity contribution is -0.139. The number of alkyl halides is 3. The maximum Gasteiger partial charge on any atom is 0.416 e. The van der Waals surface area contributed by atoms with Crippen molar-refractivity contribution in [2.75, 3.05) is 6.61 Å². The standard InChI is InChI=1S/C21H19F3O4/c1-11-2-4-15-16(20(11)21(22,23)24)6-7-17(15)28-13-3-5-14-12(8-19(25)26)10-27-18(14)9-13/h2-5,9,12,17H,6-8,10H2,1H3,(H,25,26)/t12-,17-/m1/s1. The van der Waals surface area contributed by atoms with Gasteiger partial charge in [-0.25, -0.2) is 0 Å². The average molecular weight is 392 g/mol. The molecule has 2 atom stereocenters. The molecule has 2 aliphatic rings. The van der Waals surface area contributed by atoms with Gasteiger partial charge in [-0.2, -0.15) is 13.2 Å². The fraction of sp³-hybridized carbons (Fsp3) is 0.381. The first-order valence-electron chi connectivity index (χ1n) is 9.09. The molecule has 0 fully saturated rings. The number of fused-ring (bicyclic) bond motifs is 2. The van der Waals surface area contributed by atoms with Gasteiger partial charge < -0.3 is 14.6 Å². The Bertz CT molecular complexity index is 936. The van der Waals surface area contributed by atoms with E-state index in [0.29, 0.717) is 42.1 Å². The van der Waals surface area contributed by atoms with Gasteiger partial charge in [0.05, 0.1) is 18.6 Å². The first kappa shape index (κ1) is 18.7. The van der Waals surface area contributed by atoms with Crippen molar-refractivity contribution in [3.05, 3.63) is 58.1 Å². The zero-order chi connectivity index (χ0) is 20.1. The Hall–Kier alpha value is -2.70. The molecule has 4 nitrogen and oxygen atoms in total. The molecule has 1 heterocycles. The van der Waals surface area contributed by atoms with Gasteiger partial charge in [-0.15, -0.1) is 0 Å². The lowest BCUT2D eigenvalue weighted by Gasteiger charge is -2.18. The number of rotatable bonds is 4. The molecule has 148 valence electrons. The van der Waals surface area contributed by atoms with Crippen LogP contribution in [0, 0.1) is 6.92 Å². The van der Waals surface area contributed by atoms with E-state index >= 15 is 0 Å². The van der Waals surface area contributed by atoms with Crippen molar-refractivity contribution in [2.24, 2.45) is 0 Å². The fourth-order valence-electron chi connectivity index (χ4n) is 4.17. The number of carbonyl (C=O) groups is 1. The Balaban J connectivity index is 1.58. The second-order valence-corrected chi connectivity index (χ2v) is 7.27. The van der Waals surface area contributed by atoms with Crippen LogP contribution in [0.3, 0.4) is 0 Å². The molecule has 0 spiro atoms. The summed E-state index contributed by atoms with van der Waals surface area (Å²) in [6, 6.07) is 8.39. The molecule has 0 unspecified atom stereocenters. The topological polar surface area (TPSA) is 55.8 Å². The molecule has 1 aliphatic carbocycles. The Morgan fingerprint density at radius 1 is 1.25 bits per heavy atom. The minimum atomic E-state index is -4.38. The molecule has 7 heteroatoms. The van der Waals surface area contributed by atoms with Gasteiger partial charge in [0.1, 0.15) is 17.6 Å². The van der Waals surface area contributed by atoms with Crippen molar-refractivity contribution in [3.63, 3.8) is 0 Å². The van der Waals surface area contributed by atoms with E-state index in [0.717, 1.165) is 5.56 Å². The summed E-state index contributed by atoms with van der Waals surface area (Å²) in [5, 5.41) is 8.98. The summed E-state index contributed by atoms with van der Waals surface area (Å²) in [6.07, 6.45) is -4.06. The number of halogens is 3. The fourth-order valence-corrected chi connectivity index (χ4v) is 4.17. The van der Waals surface area contributed by atoms with E-state index in [1.165, 1.54) is 13.0 Å². The van der Waals surface area contributed by atoms with Gasteiger partial charge in [0, 0.05) is 17.5 Å². The van der Waals surface area contributed by atoms with E-state index in [-0.39, 0.29) is 17.9 Å². The summed E-state index contributed by atoms with van der Waals surface area (Å²) in [5.41, 5.74) is 1.38. The molecule has 28 heavy (non-hydrogen) atoms. The van der Waals surface area contributed by atoms with Crippen LogP contribution in [0.1, 0.15) is 52.7 Å². The van der Waals surface area contributed by atoms with Crippen LogP contribution in [-0.2, 0) is 17.4 Å². The third-order valence-electron chi connectivity index (χ3n) is 5.41. The van der Waals surface area contributed by atoms with Gasteiger partial charge in [0.15, 0.2) is 0 Å². The largest absolute Gasteiger partial charge is 0.492 e. The molecule has 2 aromatic carbocycles. The Kier molecular flexibility index (Phi) is 4.48. The normalized spacial score (nSPS) is 20.4. The second kappa shape index (κ2) is 6.72. The number of hydrogen-bond donors (Lipinski definition) is 1. The number of carboxylic acid groups (broad SMARTS) is 1. The minimum absolute atomic E-state index is 0.0111. The van der Waals surface area contributed by atoms with Crippen molar-refractivity contribution < 1.29 is 32.5 Å². The molecular formula is C21H19F3O4. The van der Waals surface area contributed by atoms with Crippen LogP contribution < -0.4 is 9.47 Å². The number of carboxylic acids is 1. The third-order valence-corrected chi connectivity index (χ3v) is 5.41. The summed E-state index contributed by atoms with van der Waals surface area (Å²) in [4.78, 5) is 10.9. The smallest absolute Gasteiger partial charge is 0.416 e. The van der Waals surface area contributed by atoms with Crippen LogP contribution in [0.15, 0.2) is 30.3 Å². The number of aliphatic carboxylic acids is 1. The van der Waals surface area contributed by atoms with Crippen LogP contribution in [0.5, 0.6) is 11.5 Å². The van der Waals surface area contributed by atoms with Gasteiger partial charge in [0.25, 0.3) is 0 Å². The second-order valence-electron chi connectivity index (χ2n) is 7.27. The maximum absolute atomic E-state index is 13.4. The van der Waals surface area contributed by atoms with Gasteiger partial charge >= 0.3 is 12.1 Å². The average Bonchev–Trinajstić information content (AvgIpc) is 3.17. The number of benzene rings is 2. The summed E-state index contributed by atoms with van der Waals surface area (Å²) < 4.78 is 51.9. The predicted octanol–water partition coefficient (Wildman–Crippen LogP) is 5.03. The number of ether oxygens (including phenoxy) is 2. The summed E-state index contributed by atoms with van der Waals surface area (Å²) >= 11 is 0. The van der Waals surface area contributed by atoms with Gasteiger partial charge in [-0.05, 0) is 42.5 Å². The number of aryl methyl sites for hydroxylation is 1. The van der Waals surface area contributed by atoms with Crippen LogP contribution in [0.25, 0.3) is 0 Å². The molecule has 1 N–H and O–H groups in total. The van der Waals surface area contributed by atoms with Crippen molar-refractivity contribution in [1.82, 2.24) is 0 Å². The summed E-state index contributed by atoms with van der Waals surface area (Å²) in [5.74, 6) is -0.0188. The maximum atomic E-state index is 13.4. The highest BCUT2D eigenvalue weighted by Crippen LogP contribution is 2.45. The highest BCUT2D eigenvalue weighted by atomic mass is 19.4.